The number of nitrogens with zero attached hydrogens (tertiary/aromatic N) is 1. The summed E-state index contributed by atoms with van der Waals surface area (Å²) in [5.41, 5.74) is 1.62. The molecule has 27 heavy (non-hydrogen) atoms. The van der Waals surface area contributed by atoms with Gasteiger partial charge in [-0.05, 0) is 24.6 Å². The Labute approximate surface area is 159 Å². The Morgan fingerprint density at radius 3 is 2.56 bits per heavy atom. The zero-order valence-corrected chi connectivity index (χ0v) is 15.8. The van der Waals surface area contributed by atoms with E-state index >= 15 is 0 Å². The number of methoxy groups -OCH3 is 2. The third-order valence-electron chi connectivity index (χ3n) is 4.95. The number of amides is 2. The van der Waals surface area contributed by atoms with Gasteiger partial charge in [0.1, 0.15) is 11.5 Å². The molecule has 2 aromatic rings. The molecule has 2 atom stereocenters. The molecule has 1 saturated heterocycles. The van der Waals surface area contributed by atoms with E-state index in [1.165, 1.54) is 7.11 Å². The minimum Gasteiger partial charge on any atom is -0.497 e. The van der Waals surface area contributed by atoms with Crippen LogP contribution in [0, 0.1) is 5.92 Å². The zero-order valence-electron chi connectivity index (χ0n) is 15.8. The van der Waals surface area contributed by atoms with Crippen molar-refractivity contribution in [3.63, 3.8) is 0 Å². The largest absolute Gasteiger partial charge is 0.497 e. The van der Waals surface area contributed by atoms with Crippen LogP contribution in [-0.2, 0) is 9.59 Å². The molecule has 0 aromatic heterocycles. The molecular formula is C21H24N2O4. The average Bonchev–Trinajstić information content (AvgIpc) is 3.10. The molecule has 0 spiro atoms. The summed E-state index contributed by atoms with van der Waals surface area (Å²) in [6.45, 7) is 2.39. The van der Waals surface area contributed by atoms with Crippen LogP contribution in [0.5, 0.6) is 11.5 Å². The quantitative estimate of drug-likeness (QED) is 0.850. The molecule has 3 rings (SSSR count). The number of anilines is 1. The van der Waals surface area contributed by atoms with Crippen LogP contribution in [0.3, 0.4) is 0 Å². The lowest BCUT2D eigenvalue weighted by atomic mass is 10.1. The number of ether oxygens (including phenoxy) is 2. The SMILES string of the molecule is COc1ccc(NC(=O)[C@H]2CC(=O)N([C@H](C)c3ccccc3)C2)c(OC)c1. The summed E-state index contributed by atoms with van der Waals surface area (Å²) in [7, 11) is 3.10. The predicted octanol–water partition coefficient (Wildman–Crippen LogP) is 3.25. The number of nitrogens with one attached hydrogen (secondary N) is 1. The van der Waals surface area contributed by atoms with Crippen LogP contribution >= 0.6 is 0 Å². The summed E-state index contributed by atoms with van der Waals surface area (Å²) in [4.78, 5) is 26.9. The maximum absolute atomic E-state index is 12.7. The fourth-order valence-electron chi connectivity index (χ4n) is 3.33. The van der Waals surface area contributed by atoms with E-state index in [0.717, 1.165) is 5.56 Å². The Morgan fingerprint density at radius 1 is 1.15 bits per heavy atom. The second-order valence-corrected chi connectivity index (χ2v) is 6.59. The third-order valence-corrected chi connectivity index (χ3v) is 4.95. The second-order valence-electron chi connectivity index (χ2n) is 6.59. The standard InChI is InChI=1S/C21H24N2O4/c1-14(15-7-5-4-6-8-15)23-13-16(11-20(23)24)21(25)22-18-10-9-17(26-2)12-19(18)27-3/h4-10,12,14,16H,11,13H2,1-3H3,(H,22,25)/t14-,16+/m1/s1. The highest BCUT2D eigenvalue weighted by Gasteiger charge is 2.37. The van der Waals surface area contributed by atoms with Crippen molar-refractivity contribution in [3.8, 4) is 11.5 Å². The molecule has 0 radical (unpaired) electrons. The van der Waals surface area contributed by atoms with Crippen molar-refractivity contribution in [1.82, 2.24) is 4.90 Å². The first-order chi connectivity index (χ1) is 13.0. The van der Waals surface area contributed by atoms with E-state index in [0.29, 0.717) is 23.7 Å². The van der Waals surface area contributed by atoms with E-state index in [1.54, 1.807) is 30.2 Å². The molecule has 2 aromatic carbocycles. The number of likely N-dealkylation sites (tertiary alicyclic amines) is 1. The minimum atomic E-state index is -0.393. The number of benzene rings is 2. The van der Waals surface area contributed by atoms with Gasteiger partial charge in [-0.1, -0.05) is 30.3 Å². The molecule has 1 heterocycles. The molecule has 0 aliphatic carbocycles. The summed E-state index contributed by atoms with van der Waals surface area (Å²) in [6.07, 6.45) is 0.210. The van der Waals surface area contributed by atoms with E-state index < -0.39 is 5.92 Å². The number of hydrogen-bond donors (Lipinski definition) is 1. The topological polar surface area (TPSA) is 67.9 Å². The van der Waals surface area contributed by atoms with Crippen molar-refractivity contribution in [2.24, 2.45) is 5.92 Å². The number of hydrogen-bond acceptors (Lipinski definition) is 4. The molecule has 6 heteroatoms. The number of carbonyl (C=O) groups is 2. The first-order valence-electron chi connectivity index (χ1n) is 8.90. The van der Waals surface area contributed by atoms with Gasteiger partial charge in [0.05, 0.1) is 31.9 Å². The molecule has 1 fully saturated rings. The number of rotatable bonds is 6. The van der Waals surface area contributed by atoms with Crippen molar-refractivity contribution in [1.29, 1.82) is 0 Å². The van der Waals surface area contributed by atoms with Gasteiger partial charge in [-0.3, -0.25) is 9.59 Å². The van der Waals surface area contributed by atoms with Crippen LogP contribution in [0.1, 0.15) is 24.9 Å². The summed E-state index contributed by atoms with van der Waals surface area (Å²) in [6, 6.07) is 15.0. The highest BCUT2D eigenvalue weighted by atomic mass is 16.5. The van der Waals surface area contributed by atoms with Crippen molar-refractivity contribution in [3.05, 3.63) is 54.1 Å². The molecule has 6 nitrogen and oxygen atoms in total. The first-order valence-corrected chi connectivity index (χ1v) is 8.90. The summed E-state index contributed by atoms with van der Waals surface area (Å²) >= 11 is 0. The van der Waals surface area contributed by atoms with Crippen LogP contribution < -0.4 is 14.8 Å². The molecule has 0 bridgehead atoms. The van der Waals surface area contributed by atoms with Crippen LogP contribution in [0.25, 0.3) is 0 Å². The summed E-state index contributed by atoms with van der Waals surface area (Å²) < 4.78 is 10.5. The molecule has 0 saturated carbocycles. The van der Waals surface area contributed by atoms with Gasteiger partial charge in [-0.15, -0.1) is 0 Å². The van der Waals surface area contributed by atoms with Gasteiger partial charge in [0.25, 0.3) is 0 Å². The van der Waals surface area contributed by atoms with Crippen molar-refractivity contribution in [2.45, 2.75) is 19.4 Å². The molecule has 2 amide bonds. The van der Waals surface area contributed by atoms with Gasteiger partial charge in [0.15, 0.2) is 0 Å². The Balaban J connectivity index is 1.69. The number of carbonyl (C=O) groups excluding carboxylic acids is 2. The maximum Gasteiger partial charge on any atom is 0.229 e. The van der Waals surface area contributed by atoms with Gasteiger partial charge in [-0.2, -0.15) is 0 Å². The highest BCUT2D eigenvalue weighted by molar-refractivity contribution is 5.98. The first kappa shape index (κ1) is 18.8. The zero-order chi connectivity index (χ0) is 19.4. The van der Waals surface area contributed by atoms with Crippen LogP contribution in [0.15, 0.2) is 48.5 Å². The van der Waals surface area contributed by atoms with E-state index in [4.69, 9.17) is 9.47 Å². The second kappa shape index (κ2) is 8.12. The van der Waals surface area contributed by atoms with Crippen molar-refractivity contribution < 1.29 is 19.1 Å². The van der Waals surface area contributed by atoms with Gasteiger partial charge in [0.2, 0.25) is 11.8 Å². The molecule has 142 valence electrons. The lowest BCUT2D eigenvalue weighted by Crippen LogP contribution is -2.30. The van der Waals surface area contributed by atoms with Crippen LogP contribution in [0.4, 0.5) is 5.69 Å². The molecule has 1 N–H and O–H groups in total. The van der Waals surface area contributed by atoms with E-state index in [2.05, 4.69) is 5.32 Å². The Morgan fingerprint density at radius 2 is 1.89 bits per heavy atom. The monoisotopic (exact) mass is 368 g/mol. The molecular weight excluding hydrogens is 344 g/mol. The van der Waals surface area contributed by atoms with E-state index in [-0.39, 0.29) is 24.3 Å². The molecule has 0 unspecified atom stereocenters. The molecule has 1 aliphatic rings. The van der Waals surface area contributed by atoms with Gasteiger partial charge in [0, 0.05) is 19.0 Å². The molecule has 1 aliphatic heterocycles. The Hall–Kier alpha value is -3.02. The normalized spacial score (nSPS) is 17.5. The van der Waals surface area contributed by atoms with E-state index in [1.807, 2.05) is 37.3 Å². The van der Waals surface area contributed by atoms with Gasteiger partial charge < -0.3 is 19.7 Å². The van der Waals surface area contributed by atoms with E-state index in [9.17, 15) is 9.59 Å². The Bertz CT molecular complexity index is 822. The predicted molar refractivity (Wildman–Crippen MR) is 103 cm³/mol. The van der Waals surface area contributed by atoms with Gasteiger partial charge >= 0.3 is 0 Å². The van der Waals surface area contributed by atoms with Crippen molar-refractivity contribution >= 4 is 17.5 Å². The van der Waals surface area contributed by atoms with Crippen molar-refractivity contribution in [2.75, 3.05) is 26.1 Å². The third kappa shape index (κ3) is 4.05. The average molecular weight is 368 g/mol. The van der Waals surface area contributed by atoms with Gasteiger partial charge in [-0.25, -0.2) is 0 Å². The van der Waals surface area contributed by atoms with Crippen LogP contribution in [-0.4, -0.2) is 37.5 Å². The fourth-order valence-corrected chi connectivity index (χ4v) is 3.33. The summed E-state index contributed by atoms with van der Waals surface area (Å²) in [5, 5.41) is 2.88. The van der Waals surface area contributed by atoms with Crippen LogP contribution in [0.2, 0.25) is 0 Å². The maximum atomic E-state index is 12.7. The lowest BCUT2D eigenvalue weighted by molar-refractivity contribution is -0.129. The summed E-state index contributed by atoms with van der Waals surface area (Å²) in [5.74, 6) is 0.573. The fraction of sp³-hybridized carbons (Fsp3) is 0.333. The Kier molecular flexibility index (Phi) is 5.64. The lowest BCUT2D eigenvalue weighted by Gasteiger charge is -2.25. The minimum absolute atomic E-state index is 0.00630. The smallest absolute Gasteiger partial charge is 0.229 e. The highest BCUT2D eigenvalue weighted by Crippen LogP contribution is 2.32.